The van der Waals surface area contributed by atoms with Gasteiger partial charge in [0.2, 0.25) is 0 Å². The van der Waals surface area contributed by atoms with Crippen molar-refractivity contribution in [2.45, 2.75) is 26.2 Å². The Bertz CT molecular complexity index is 489. The third-order valence-electron chi connectivity index (χ3n) is 2.81. The van der Waals surface area contributed by atoms with Crippen LogP contribution in [0.4, 0.5) is 0 Å². The first kappa shape index (κ1) is 11.6. The van der Waals surface area contributed by atoms with E-state index < -0.39 is 0 Å². The molecule has 3 nitrogen and oxygen atoms in total. The standard InChI is InChI=1S/C14H15NO2/c1-2-3-5-10-6-4-7-11(8-10)12-9-13(16)15-14(12)17/h4,6-9H,2-3,5H2,1H3,(H,15,16,17). The molecule has 2 rings (SSSR count). The Morgan fingerprint density at radius 3 is 2.71 bits per heavy atom. The van der Waals surface area contributed by atoms with E-state index >= 15 is 0 Å². The average molecular weight is 229 g/mol. The van der Waals surface area contributed by atoms with Gasteiger partial charge in [-0.2, -0.15) is 0 Å². The average Bonchev–Trinajstić information content (AvgIpc) is 2.66. The topological polar surface area (TPSA) is 46.2 Å². The summed E-state index contributed by atoms with van der Waals surface area (Å²) in [6.07, 6.45) is 4.65. The van der Waals surface area contributed by atoms with Gasteiger partial charge in [-0.3, -0.25) is 14.9 Å². The molecule has 0 radical (unpaired) electrons. The molecule has 1 N–H and O–H groups in total. The van der Waals surface area contributed by atoms with Gasteiger partial charge in [0, 0.05) is 6.08 Å². The molecule has 17 heavy (non-hydrogen) atoms. The minimum Gasteiger partial charge on any atom is -0.289 e. The molecule has 1 aliphatic heterocycles. The lowest BCUT2D eigenvalue weighted by atomic mass is 10.0. The first-order valence-electron chi connectivity index (χ1n) is 5.87. The third-order valence-corrected chi connectivity index (χ3v) is 2.81. The van der Waals surface area contributed by atoms with Crippen LogP contribution in [-0.2, 0) is 16.0 Å². The van der Waals surface area contributed by atoms with Crippen LogP contribution in [0.5, 0.6) is 0 Å². The summed E-state index contributed by atoms with van der Waals surface area (Å²) in [5, 5.41) is 2.26. The van der Waals surface area contributed by atoms with E-state index in [-0.39, 0.29) is 11.8 Å². The van der Waals surface area contributed by atoms with Crippen LogP contribution in [-0.4, -0.2) is 11.8 Å². The molecule has 1 aromatic rings. The molecule has 0 atom stereocenters. The highest BCUT2D eigenvalue weighted by Gasteiger charge is 2.21. The molecule has 0 unspecified atom stereocenters. The lowest BCUT2D eigenvalue weighted by Crippen LogP contribution is -2.21. The zero-order chi connectivity index (χ0) is 12.3. The Kier molecular flexibility index (Phi) is 3.38. The summed E-state index contributed by atoms with van der Waals surface area (Å²) in [5.74, 6) is -0.633. The molecule has 0 saturated heterocycles. The number of amides is 2. The number of imide groups is 1. The van der Waals surface area contributed by atoms with E-state index in [1.165, 1.54) is 11.6 Å². The van der Waals surface area contributed by atoms with E-state index in [0.717, 1.165) is 24.8 Å². The number of hydrogen-bond donors (Lipinski definition) is 1. The summed E-state index contributed by atoms with van der Waals surface area (Å²) < 4.78 is 0. The Morgan fingerprint density at radius 1 is 1.24 bits per heavy atom. The van der Waals surface area contributed by atoms with Crippen LogP contribution in [0.15, 0.2) is 30.3 Å². The highest BCUT2D eigenvalue weighted by Crippen LogP contribution is 2.20. The predicted octanol–water partition coefficient (Wildman–Crippen LogP) is 2.07. The lowest BCUT2D eigenvalue weighted by molar-refractivity contribution is -0.123. The predicted molar refractivity (Wildman–Crippen MR) is 66.2 cm³/mol. The van der Waals surface area contributed by atoms with E-state index in [4.69, 9.17) is 0 Å². The van der Waals surface area contributed by atoms with E-state index in [1.807, 2.05) is 24.3 Å². The molecular formula is C14H15NO2. The van der Waals surface area contributed by atoms with Gasteiger partial charge >= 0.3 is 0 Å². The van der Waals surface area contributed by atoms with Crippen LogP contribution in [0.2, 0.25) is 0 Å². The number of carbonyl (C=O) groups excluding carboxylic acids is 2. The van der Waals surface area contributed by atoms with Crippen LogP contribution >= 0.6 is 0 Å². The normalized spacial score (nSPS) is 14.8. The van der Waals surface area contributed by atoms with Crippen molar-refractivity contribution in [2.24, 2.45) is 0 Å². The second-order valence-electron chi connectivity index (χ2n) is 4.18. The number of aryl methyl sites for hydroxylation is 1. The van der Waals surface area contributed by atoms with E-state index in [0.29, 0.717) is 5.57 Å². The van der Waals surface area contributed by atoms with Crippen LogP contribution < -0.4 is 5.32 Å². The minimum atomic E-state index is -0.330. The maximum atomic E-state index is 11.5. The van der Waals surface area contributed by atoms with Gasteiger partial charge in [0.05, 0.1) is 5.57 Å². The number of carbonyl (C=O) groups is 2. The second kappa shape index (κ2) is 4.95. The molecule has 0 fully saturated rings. The molecule has 1 heterocycles. The number of benzene rings is 1. The van der Waals surface area contributed by atoms with Gasteiger partial charge in [0.25, 0.3) is 11.8 Å². The summed E-state index contributed by atoms with van der Waals surface area (Å²) in [7, 11) is 0. The summed E-state index contributed by atoms with van der Waals surface area (Å²) >= 11 is 0. The van der Waals surface area contributed by atoms with Crippen LogP contribution in [0.1, 0.15) is 30.9 Å². The molecule has 0 aromatic heterocycles. The zero-order valence-electron chi connectivity index (χ0n) is 9.82. The first-order chi connectivity index (χ1) is 8.20. The molecule has 0 saturated carbocycles. The van der Waals surface area contributed by atoms with Gasteiger partial charge in [-0.25, -0.2) is 0 Å². The maximum Gasteiger partial charge on any atom is 0.258 e. The Labute approximate surface area is 101 Å². The van der Waals surface area contributed by atoms with Gasteiger partial charge in [0.15, 0.2) is 0 Å². The van der Waals surface area contributed by atoms with Crippen molar-refractivity contribution >= 4 is 17.4 Å². The quantitative estimate of drug-likeness (QED) is 0.803. The lowest BCUT2D eigenvalue weighted by Gasteiger charge is -2.04. The maximum absolute atomic E-state index is 11.5. The van der Waals surface area contributed by atoms with Crippen molar-refractivity contribution < 1.29 is 9.59 Å². The molecule has 3 heteroatoms. The third kappa shape index (κ3) is 2.61. The number of hydrogen-bond acceptors (Lipinski definition) is 2. The molecule has 0 spiro atoms. The number of rotatable bonds is 4. The highest BCUT2D eigenvalue weighted by atomic mass is 16.2. The van der Waals surface area contributed by atoms with Gasteiger partial charge in [-0.1, -0.05) is 37.6 Å². The van der Waals surface area contributed by atoms with Crippen molar-refractivity contribution in [3.8, 4) is 0 Å². The molecule has 0 bridgehead atoms. The highest BCUT2D eigenvalue weighted by molar-refractivity contribution is 6.33. The number of nitrogens with one attached hydrogen (secondary N) is 1. The Balaban J connectivity index is 2.24. The summed E-state index contributed by atoms with van der Waals surface area (Å²) in [4.78, 5) is 22.6. The van der Waals surface area contributed by atoms with Crippen LogP contribution in [0.3, 0.4) is 0 Å². The molecule has 1 aromatic carbocycles. The van der Waals surface area contributed by atoms with Gasteiger partial charge in [0.1, 0.15) is 0 Å². The summed E-state index contributed by atoms with van der Waals surface area (Å²) in [5.41, 5.74) is 2.49. The van der Waals surface area contributed by atoms with Crippen LogP contribution in [0.25, 0.3) is 5.57 Å². The van der Waals surface area contributed by atoms with E-state index in [1.54, 1.807) is 0 Å². The fourth-order valence-corrected chi connectivity index (χ4v) is 1.90. The fourth-order valence-electron chi connectivity index (χ4n) is 1.90. The van der Waals surface area contributed by atoms with Crippen LogP contribution in [0, 0.1) is 0 Å². The van der Waals surface area contributed by atoms with Crippen molar-refractivity contribution in [1.29, 1.82) is 0 Å². The van der Waals surface area contributed by atoms with Crippen molar-refractivity contribution in [2.75, 3.05) is 0 Å². The molecule has 2 amide bonds. The minimum absolute atomic E-state index is 0.303. The molecule has 1 aliphatic rings. The Morgan fingerprint density at radius 2 is 2.06 bits per heavy atom. The summed E-state index contributed by atoms with van der Waals surface area (Å²) in [6.45, 7) is 2.15. The monoisotopic (exact) mass is 229 g/mol. The van der Waals surface area contributed by atoms with Gasteiger partial charge < -0.3 is 0 Å². The van der Waals surface area contributed by atoms with Gasteiger partial charge in [-0.15, -0.1) is 0 Å². The number of unbranched alkanes of at least 4 members (excludes halogenated alkanes) is 1. The molecule has 88 valence electrons. The summed E-state index contributed by atoms with van der Waals surface area (Å²) in [6, 6.07) is 7.82. The van der Waals surface area contributed by atoms with Crippen molar-refractivity contribution in [3.63, 3.8) is 0 Å². The largest absolute Gasteiger partial charge is 0.289 e. The zero-order valence-corrected chi connectivity index (χ0v) is 9.82. The van der Waals surface area contributed by atoms with Crippen molar-refractivity contribution in [3.05, 3.63) is 41.5 Å². The smallest absolute Gasteiger partial charge is 0.258 e. The van der Waals surface area contributed by atoms with Crippen molar-refractivity contribution in [1.82, 2.24) is 5.32 Å². The molecule has 0 aliphatic carbocycles. The van der Waals surface area contributed by atoms with E-state index in [9.17, 15) is 9.59 Å². The SMILES string of the molecule is CCCCc1cccc(C2=CC(=O)NC2=O)c1. The Hall–Kier alpha value is -1.90. The fraction of sp³-hybridized carbons (Fsp3) is 0.286. The molecular weight excluding hydrogens is 214 g/mol. The van der Waals surface area contributed by atoms with E-state index in [2.05, 4.69) is 12.2 Å². The van der Waals surface area contributed by atoms with Gasteiger partial charge in [-0.05, 0) is 24.0 Å². The first-order valence-corrected chi connectivity index (χ1v) is 5.87. The second-order valence-corrected chi connectivity index (χ2v) is 4.18.